The van der Waals surface area contributed by atoms with Crippen LogP contribution in [0.15, 0.2) is 59.7 Å². The van der Waals surface area contributed by atoms with Gasteiger partial charge in [-0.15, -0.1) is 0 Å². The number of hydrazine groups is 2. The molecule has 3 aliphatic heterocycles. The number of carbonyl (C=O) groups is 4. The van der Waals surface area contributed by atoms with E-state index in [9.17, 15) is 19.5 Å². The maximum Gasteiger partial charge on any atom is 0.293 e. The van der Waals surface area contributed by atoms with Crippen molar-refractivity contribution in [1.29, 1.82) is 10.7 Å². The fraction of sp³-hybridized carbons (Fsp3) is 0.544. The van der Waals surface area contributed by atoms with E-state index in [1.54, 1.807) is 36.5 Å². The third kappa shape index (κ3) is 12.4. The summed E-state index contributed by atoms with van der Waals surface area (Å²) in [6.45, 7) is 20.8. The quantitative estimate of drug-likeness (QED) is 0.0363. The SMILES string of the molecule is CCn1c(-c2cccnc2C(C)OC)c(CC(C)(C)COC=O)c2cc(-c3cc(O)cc(CC(NC(=O)C(C(C)C)N4CCCCC5(C4)CN(N(C=O)C=NC(=N)C#N)C5C(C)C)C(=O)N4CCCCN4)c3)ccc21. The molecule has 18 heteroatoms. The van der Waals surface area contributed by atoms with Gasteiger partial charge in [-0.3, -0.25) is 39.5 Å². The number of nitriles is 1. The Hall–Kier alpha value is -6.52. The first-order valence-electron chi connectivity index (χ1n) is 26.5. The Bertz CT molecular complexity index is 2780. The molecular weight excluding hydrogens is 951 g/mol. The number of aryl methyl sites for hydroxylation is 1. The number of aliphatic imine (C=N–C) groups is 1. The Morgan fingerprint density at radius 2 is 1.84 bits per heavy atom. The van der Waals surface area contributed by atoms with Crippen LogP contribution in [-0.2, 0) is 48.0 Å². The minimum Gasteiger partial charge on any atom is -0.508 e. The lowest BCUT2D eigenvalue weighted by Gasteiger charge is -2.61. The van der Waals surface area contributed by atoms with E-state index < -0.39 is 23.3 Å². The van der Waals surface area contributed by atoms with E-state index in [0.717, 1.165) is 76.6 Å². The summed E-state index contributed by atoms with van der Waals surface area (Å²) in [6.07, 6.45) is 8.48. The molecule has 5 atom stereocenters. The number of phenolic OH excluding ortho intramolecular Hbond substituents is 1. The number of benzene rings is 2. The van der Waals surface area contributed by atoms with Crippen LogP contribution in [0.3, 0.4) is 0 Å². The van der Waals surface area contributed by atoms with Crippen LogP contribution in [0.4, 0.5) is 0 Å². The molecule has 0 aliphatic carbocycles. The van der Waals surface area contributed by atoms with Crippen molar-refractivity contribution >= 4 is 47.8 Å². The highest BCUT2D eigenvalue weighted by Crippen LogP contribution is 2.49. The van der Waals surface area contributed by atoms with Crippen molar-refractivity contribution in [2.45, 2.75) is 131 Å². The smallest absolute Gasteiger partial charge is 0.293 e. The van der Waals surface area contributed by atoms with E-state index in [4.69, 9.17) is 25.1 Å². The summed E-state index contributed by atoms with van der Waals surface area (Å²) < 4.78 is 13.5. The summed E-state index contributed by atoms with van der Waals surface area (Å²) in [5.74, 6) is -0.988. The van der Waals surface area contributed by atoms with Gasteiger partial charge in [0, 0.05) is 85.8 Å². The Morgan fingerprint density at radius 1 is 1.07 bits per heavy atom. The normalized spacial score (nSPS) is 19.9. The second-order valence-electron chi connectivity index (χ2n) is 22.1. The molecule has 0 bridgehead atoms. The zero-order valence-corrected chi connectivity index (χ0v) is 45.3. The van der Waals surface area contributed by atoms with Crippen molar-refractivity contribution in [1.82, 2.24) is 40.2 Å². The van der Waals surface area contributed by atoms with E-state index in [2.05, 4.69) is 78.0 Å². The number of fused-ring (bicyclic) bond motifs is 1. The minimum absolute atomic E-state index is 0.0240. The van der Waals surface area contributed by atoms with Crippen LogP contribution in [0.1, 0.15) is 110 Å². The maximum absolute atomic E-state index is 15.1. The number of rotatable bonds is 21. The van der Waals surface area contributed by atoms with Crippen molar-refractivity contribution < 1.29 is 33.8 Å². The molecular formula is C57H77N11O7. The maximum atomic E-state index is 15.1. The van der Waals surface area contributed by atoms with Crippen molar-refractivity contribution in [3.63, 3.8) is 0 Å². The highest BCUT2D eigenvalue weighted by molar-refractivity contribution is 5.99. The molecule has 402 valence electrons. The molecule has 0 saturated carbocycles. The third-order valence-corrected chi connectivity index (χ3v) is 15.3. The summed E-state index contributed by atoms with van der Waals surface area (Å²) in [7, 11) is 1.67. The van der Waals surface area contributed by atoms with Crippen LogP contribution in [0.5, 0.6) is 5.75 Å². The molecule has 5 heterocycles. The zero-order chi connectivity index (χ0) is 54.2. The molecule has 0 radical (unpaired) electrons. The minimum atomic E-state index is -0.968. The Kier molecular flexibility index (Phi) is 18.3. The fourth-order valence-corrected chi connectivity index (χ4v) is 12.1. The number of ether oxygens (including phenoxy) is 2. The molecule has 4 N–H and O–H groups in total. The molecule has 2 aromatic carbocycles. The third-order valence-electron chi connectivity index (χ3n) is 15.3. The van der Waals surface area contributed by atoms with E-state index in [1.165, 1.54) is 11.3 Å². The number of hydrogen-bond donors (Lipinski definition) is 4. The molecule has 18 nitrogen and oxygen atoms in total. The zero-order valence-electron chi connectivity index (χ0n) is 45.3. The first kappa shape index (κ1) is 56.2. The van der Waals surface area contributed by atoms with E-state index in [1.807, 2.05) is 44.0 Å². The van der Waals surface area contributed by atoms with Crippen LogP contribution in [-0.4, -0.2) is 136 Å². The molecule has 3 amide bonds. The summed E-state index contributed by atoms with van der Waals surface area (Å²) in [5, 5.41) is 37.4. The summed E-state index contributed by atoms with van der Waals surface area (Å²) >= 11 is 0. The van der Waals surface area contributed by atoms with E-state index >= 15 is 4.79 Å². The first-order chi connectivity index (χ1) is 35.9. The van der Waals surface area contributed by atoms with Crippen LogP contribution in [0.25, 0.3) is 33.3 Å². The lowest BCUT2D eigenvalue weighted by atomic mass is 9.65. The van der Waals surface area contributed by atoms with Gasteiger partial charge in [-0.1, -0.05) is 60.1 Å². The van der Waals surface area contributed by atoms with Gasteiger partial charge in [-0.05, 0) is 123 Å². The Labute approximate surface area is 441 Å². The van der Waals surface area contributed by atoms with Gasteiger partial charge in [0.25, 0.3) is 12.4 Å². The molecule has 5 unspecified atom stereocenters. The van der Waals surface area contributed by atoms with Gasteiger partial charge in [0.1, 0.15) is 24.2 Å². The second-order valence-corrected chi connectivity index (χ2v) is 22.1. The number of carbonyl (C=O) groups excluding carboxylic acids is 4. The number of aromatic nitrogens is 2. The van der Waals surface area contributed by atoms with Crippen molar-refractivity contribution in [3.05, 3.63) is 71.5 Å². The number of aromatic hydroxyl groups is 1. The van der Waals surface area contributed by atoms with Crippen LogP contribution in [0.2, 0.25) is 0 Å². The number of methoxy groups -OCH3 is 1. The molecule has 1 spiro atoms. The highest BCUT2D eigenvalue weighted by Gasteiger charge is 2.57. The number of nitrogens with zero attached hydrogens (tertiary/aromatic N) is 8. The van der Waals surface area contributed by atoms with Gasteiger partial charge in [0.2, 0.25) is 18.2 Å². The monoisotopic (exact) mass is 1030 g/mol. The van der Waals surface area contributed by atoms with Crippen LogP contribution >= 0.6 is 0 Å². The number of amidine groups is 1. The predicted octanol–water partition coefficient (Wildman–Crippen LogP) is 7.44. The molecule has 3 fully saturated rings. The molecule has 4 aromatic rings. The summed E-state index contributed by atoms with van der Waals surface area (Å²) in [5.41, 5.74) is 9.63. The summed E-state index contributed by atoms with van der Waals surface area (Å²) in [4.78, 5) is 64.4. The van der Waals surface area contributed by atoms with Gasteiger partial charge in [0.05, 0.1) is 30.1 Å². The average molecular weight is 1030 g/mol. The molecule has 2 aromatic heterocycles. The average Bonchev–Trinajstić information content (AvgIpc) is 3.50. The molecule has 3 aliphatic rings. The van der Waals surface area contributed by atoms with Crippen molar-refractivity contribution in [2.24, 2.45) is 27.7 Å². The van der Waals surface area contributed by atoms with Gasteiger partial charge in [-0.2, -0.15) is 5.26 Å². The van der Waals surface area contributed by atoms with Gasteiger partial charge in [-0.25, -0.2) is 20.4 Å². The first-order valence-corrected chi connectivity index (χ1v) is 26.5. The fourth-order valence-electron chi connectivity index (χ4n) is 12.1. The topological polar surface area (TPSA) is 222 Å². The second kappa shape index (κ2) is 24.4. The van der Waals surface area contributed by atoms with Gasteiger partial charge < -0.3 is 24.5 Å². The van der Waals surface area contributed by atoms with E-state index in [-0.39, 0.29) is 60.0 Å². The van der Waals surface area contributed by atoms with Crippen molar-refractivity contribution in [3.8, 4) is 34.2 Å². The number of likely N-dealkylation sites (tertiary alicyclic amines) is 1. The summed E-state index contributed by atoms with van der Waals surface area (Å²) in [6, 6.07) is 15.7. The predicted molar refractivity (Wildman–Crippen MR) is 289 cm³/mol. The number of nitrogens with one attached hydrogen (secondary N) is 3. The van der Waals surface area contributed by atoms with Gasteiger partial charge >= 0.3 is 0 Å². The Balaban J connectivity index is 1.23. The van der Waals surface area contributed by atoms with E-state index in [0.29, 0.717) is 64.1 Å². The van der Waals surface area contributed by atoms with Gasteiger partial charge in [0.15, 0.2) is 0 Å². The number of hydrogen-bond acceptors (Lipinski definition) is 13. The van der Waals surface area contributed by atoms with Crippen molar-refractivity contribution in [2.75, 3.05) is 46.4 Å². The largest absolute Gasteiger partial charge is 0.508 e. The number of phenols is 1. The molecule has 7 rings (SSSR count). The lowest BCUT2D eigenvalue weighted by Crippen LogP contribution is -2.73. The molecule has 75 heavy (non-hydrogen) atoms. The van der Waals surface area contributed by atoms with Crippen LogP contribution < -0.4 is 10.7 Å². The number of pyridine rings is 1. The Morgan fingerprint density at radius 3 is 2.51 bits per heavy atom. The highest BCUT2D eigenvalue weighted by atomic mass is 16.5. The number of amides is 3. The standard InChI is InChI=1S/C57H77N11O7/c1-10-66-48-18-17-41(28-45(48)46(29-56(7,8)33-75-36-70)52(66)44-16-15-20-60-50(44)39(6)74-9)42-24-40(25-43(71)27-42)26-47(55(73)67-23-14-12-21-62-67)63-54(72)51(37(2)3)64-22-13-11-19-57(31-64)32-68(53(57)38(4)5)65(35-69)34-61-49(59)30-58/h15-18,20,24-25,27-28,34-39,47,51,53,59,62,71H,10-14,19,21-23,26,29,31-33H2,1-9H3,(H,63,72). The molecule has 3 saturated heterocycles. The van der Waals surface area contributed by atoms with Crippen LogP contribution in [0, 0.1) is 39.4 Å². The lowest BCUT2D eigenvalue weighted by molar-refractivity contribution is -0.194.